The topological polar surface area (TPSA) is 70.9 Å². The molecule has 1 aromatic heterocycles. The van der Waals surface area contributed by atoms with Gasteiger partial charge >= 0.3 is 0 Å². The zero-order chi connectivity index (χ0) is 20.2. The van der Waals surface area contributed by atoms with Crippen LogP contribution in [0.2, 0.25) is 0 Å². The monoisotopic (exact) mass is 397 g/mol. The maximum atomic E-state index is 13.0. The normalized spacial score (nSPS) is 18.1. The van der Waals surface area contributed by atoms with E-state index in [1.54, 1.807) is 10.9 Å². The van der Waals surface area contributed by atoms with Gasteiger partial charge in [0.05, 0.1) is 42.9 Å². The number of carbonyl (C=O) groups is 2. The van der Waals surface area contributed by atoms with E-state index in [0.29, 0.717) is 51.5 Å². The fourth-order valence-electron chi connectivity index (χ4n) is 3.83. The number of carbonyl (C=O) groups excluding carboxylic acids is 2. The second-order valence-electron chi connectivity index (χ2n) is 7.45. The van der Waals surface area contributed by atoms with Crippen LogP contribution in [0.25, 0.3) is 5.69 Å². The summed E-state index contributed by atoms with van der Waals surface area (Å²) in [4.78, 5) is 31.4. The van der Waals surface area contributed by atoms with Gasteiger partial charge in [-0.25, -0.2) is 4.68 Å². The van der Waals surface area contributed by atoms with Crippen LogP contribution in [0.5, 0.6) is 0 Å². The number of amides is 2. The summed E-state index contributed by atoms with van der Waals surface area (Å²) in [6.07, 6.45) is 1.64. The third kappa shape index (κ3) is 4.33. The Morgan fingerprint density at radius 1 is 0.966 bits per heavy atom. The van der Waals surface area contributed by atoms with E-state index >= 15 is 0 Å². The van der Waals surface area contributed by atoms with Gasteiger partial charge < -0.3 is 14.5 Å². The van der Waals surface area contributed by atoms with Crippen molar-refractivity contribution in [2.75, 3.05) is 59.0 Å². The molecule has 0 spiro atoms. The number of hydrogen-bond acceptors (Lipinski definition) is 5. The second-order valence-corrected chi connectivity index (χ2v) is 7.45. The second kappa shape index (κ2) is 8.75. The fourth-order valence-corrected chi connectivity index (χ4v) is 3.83. The average molecular weight is 397 g/mol. The number of rotatable bonds is 4. The number of morpholine rings is 1. The Hall–Kier alpha value is -2.71. The van der Waals surface area contributed by atoms with Gasteiger partial charge in [-0.2, -0.15) is 5.10 Å². The molecule has 0 bridgehead atoms. The van der Waals surface area contributed by atoms with Crippen LogP contribution in [0.3, 0.4) is 0 Å². The molecule has 8 heteroatoms. The molecule has 3 heterocycles. The molecule has 2 saturated heterocycles. The minimum atomic E-state index is -0.0232. The fraction of sp³-hybridized carbons (Fsp3) is 0.476. The first kappa shape index (κ1) is 19.6. The quantitative estimate of drug-likeness (QED) is 0.763. The standard InChI is InChI=1S/C21H27N5O3/c1-17-19(15-22-26(17)18-5-3-2-4-6-18)21(28)25-9-7-24(8-10-25)20(27)16-23-11-13-29-14-12-23/h2-6,15H,7-14,16H2,1H3. The van der Waals surface area contributed by atoms with E-state index in [0.717, 1.165) is 24.5 Å². The van der Waals surface area contributed by atoms with Gasteiger partial charge in [0.25, 0.3) is 5.91 Å². The number of nitrogens with zero attached hydrogens (tertiary/aromatic N) is 5. The molecule has 0 atom stereocenters. The summed E-state index contributed by atoms with van der Waals surface area (Å²) >= 11 is 0. The minimum Gasteiger partial charge on any atom is -0.379 e. The van der Waals surface area contributed by atoms with Crippen LogP contribution in [-0.2, 0) is 9.53 Å². The molecule has 2 aliphatic rings. The van der Waals surface area contributed by atoms with Crippen LogP contribution >= 0.6 is 0 Å². The van der Waals surface area contributed by atoms with Crippen molar-refractivity contribution in [2.24, 2.45) is 0 Å². The van der Waals surface area contributed by atoms with Gasteiger partial charge in [0, 0.05) is 39.3 Å². The van der Waals surface area contributed by atoms with Gasteiger partial charge in [-0.15, -0.1) is 0 Å². The lowest BCUT2D eigenvalue weighted by atomic mass is 10.2. The maximum absolute atomic E-state index is 13.0. The van der Waals surface area contributed by atoms with Crippen molar-refractivity contribution in [2.45, 2.75) is 6.92 Å². The van der Waals surface area contributed by atoms with E-state index in [2.05, 4.69) is 10.00 Å². The Kier molecular flexibility index (Phi) is 5.92. The van der Waals surface area contributed by atoms with Crippen LogP contribution in [0.4, 0.5) is 0 Å². The molecule has 0 unspecified atom stereocenters. The molecule has 0 radical (unpaired) electrons. The molecule has 0 aliphatic carbocycles. The molecule has 2 aliphatic heterocycles. The lowest BCUT2D eigenvalue weighted by Gasteiger charge is -2.36. The van der Waals surface area contributed by atoms with Crippen molar-refractivity contribution in [1.29, 1.82) is 0 Å². The first-order valence-electron chi connectivity index (χ1n) is 10.1. The highest BCUT2D eigenvalue weighted by Crippen LogP contribution is 2.17. The van der Waals surface area contributed by atoms with E-state index < -0.39 is 0 Å². The number of aromatic nitrogens is 2. The molecule has 8 nitrogen and oxygen atoms in total. The van der Waals surface area contributed by atoms with Crippen molar-refractivity contribution in [3.8, 4) is 5.69 Å². The molecule has 2 aromatic rings. The van der Waals surface area contributed by atoms with Crippen LogP contribution in [-0.4, -0.2) is 95.3 Å². The smallest absolute Gasteiger partial charge is 0.257 e. The molecule has 154 valence electrons. The summed E-state index contributed by atoms with van der Waals surface area (Å²) in [6, 6.07) is 9.78. The number of ether oxygens (including phenoxy) is 1. The van der Waals surface area contributed by atoms with Crippen molar-refractivity contribution in [1.82, 2.24) is 24.5 Å². The molecular weight excluding hydrogens is 370 g/mol. The highest BCUT2D eigenvalue weighted by molar-refractivity contribution is 5.95. The largest absolute Gasteiger partial charge is 0.379 e. The molecule has 1 aromatic carbocycles. The molecule has 29 heavy (non-hydrogen) atoms. The van der Waals surface area contributed by atoms with Crippen molar-refractivity contribution < 1.29 is 14.3 Å². The zero-order valence-corrected chi connectivity index (χ0v) is 16.8. The number of piperazine rings is 1. The molecular formula is C21H27N5O3. The van der Waals surface area contributed by atoms with Crippen LogP contribution < -0.4 is 0 Å². The van der Waals surface area contributed by atoms with Gasteiger partial charge in [-0.1, -0.05) is 18.2 Å². The van der Waals surface area contributed by atoms with Gasteiger partial charge in [-0.3, -0.25) is 14.5 Å². The first-order valence-corrected chi connectivity index (χ1v) is 10.1. The Bertz CT molecular complexity index is 852. The first-order chi connectivity index (χ1) is 14.1. The predicted octanol–water partition coefficient (Wildman–Crippen LogP) is 0.797. The van der Waals surface area contributed by atoms with E-state index in [9.17, 15) is 9.59 Å². The number of hydrogen-bond donors (Lipinski definition) is 0. The van der Waals surface area contributed by atoms with E-state index in [1.807, 2.05) is 47.1 Å². The maximum Gasteiger partial charge on any atom is 0.257 e. The Morgan fingerprint density at radius 3 is 2.31 bits per heavy atom. The van der Waals surface area contributed by atoms with Crippen molar-refractivity contribution in [3.63, 3.8) is 0 Å². The minimum absolute atomic E-state index is 0.0232. The molecule has 2 fully saturated rings. The number of para-hydroxylation sites is 1. The predicted molar refractivity (Wildman–Crippen MR) is 108 cm³/mol. The molecule has 4 rings (SSSR count). The van der Waals surface area contributed by atoms with Crippen LogP contribution in [0.1, 0.15) is 16.1 Å². The Balaban J connectivity index is 1.34. The third-order valence-corrected chi connectivity index (χ3v) is 5.62. The lowest BCUT2D eigenvalue weighted by Crippen LogP contribution is -2.53. The Morgan fingerprint density at radius 2 is 1.62 bits per heavy atom. The average Bonchev–Trinajstić information content (AvgIpc) is 3.16. The molecule has 2 amide bonds. The summed E-state index contributed by atoms with van der Waals surface area (Å²) in [6.45, 7) is 7.55. The van der Waals surface area contributed by atoms with E-state index in [-0.39, 0.29) is 11.8 Å². The summed E-state index contributed by atoms with van der Waals surface area (Å²) < 4.78 is 7.12. The summed E-state index contributed by atoms with van der Waals surface area (Å²) in [5, 5.41) is 4.40. The molecule has 0 N–H and O–H groups in total. The van der Waals surface area contributed by atoms with Gasteiger partial charge in [-0.05, 0) is 19.1 Å². The van der Waals surface area contributed by atoms with Gasteiger partial charge in [0.2, 0.25) is 5.91 Å². The number of benzene rings is 1. The summed E-state index contributed by atoms with van der Waals surface area (Å²) in [5.41, 5.74) is 2.37. The van der Waals surface area contributed by atoms with Crippen molar-refractivity contribution in [3.05, 3.63) is 47.8 Å². The third-order valence-electron chi connectivity index (χ3n) is 5.62. The summed E-state index contributed by atoms with van der Waals surface area (Å²) in [5.74, 6) is 0.108. The Labute approximate surface area is 170 Å². The SMILES string of the molecule is Cc1c(C(=O)N2CCN(C(=O)CN3CCOCC3)CC2)cnn1-c1ccccc1. The summed E-state index contributed by atoms with van der Waals surface area (Å²) in [7, 11) is 0. The van der Waals surface area contributed by atoms with Gasteiger partial charge in [0.15, 0.2) is 0 Å². The van der Waals surface area contributed by atoms with E-state index in [1.165, 1.54) is 0 Å². The highest BCUT2D eigenvalue weighted by Gasteiger charge is 2.28. The van der Waals surface area contributed by atoms with Crippen LogP contribution in [0, 0.1) is 6.92 Å². The van der Waals surface area contributed by atoms with E-state index in [4.69, 9.17) is 4.74 Å². The zero-order valence-electron chi connectivity index (χ0n) is 16.8. The van der Waals surface area contributed by atoms with Gasteiger partial charge in [0.1, 0.15) is 0 Å². The van der Waals surface area contributed by atoms with Crippen molar-refractivity contribution >= 4 is 11.8 Å². The molecule has 0 saturated carbocycles. The van der Waals surface area contributed by atoms with Crippen LogP contribution in [0.15, 0.2) is 36.5 Å². The highest BCUT2D eigenvalue weighted by atomic mass is 16.5. The lowest BCUT2D eigenvalue weighted by molar-refractivity contribution is -0.134.